The van der Waals surface area contributed by atoms with E-state index in [9.17, 15) is 14.4 Å². The first kappa shape index (κ1) is 12.9. The van der Waals surface area contributed by atoms with E-state index in [0.717, 1.165) is 0 Å². The zero-order chi connectivity index (χ0) is 15.0. The molecule has 0 aliphatic heterocycles. The van der Waals surface area contributed by atoms with Crippen LogP contribution in [0.15, 0.2) is 39.6 Å². The molecule has 2 aromatic carbocycles. The van der Waals surface area contributed by atoms with Crippen molar-refractivity contribution in [3.05, 3.63) is 46.2 Å². The Kier molecular flexibility index (Phi) is 2.94. The third kappa shape index (κ3) is 2.25. The van der Waals surface area contributed by atoms with Crippen LogP contribution in [0.4, 0.5) is 0 Å². The van der Waals surface area contributed by atoms with Crippen LogP contribution >= 0.6 is 0 Å². The molecule has 1 aromatic heterocycles. The van der Waals surface area contributed by atoms with Gasteiger partial charge in [0.1, 0.15) is 12.2 Å². The average molecular weight is 286 g/mol. The van der Waals surface area contributed by atoms with Crippen molar-refractivity contribution in [2.24, 2.45) is 0 Å². The highest BCUT2D eigenvalue weighted by Gasteiger charge is 2.16. The fourth-order valence-electron chi connectivity index (χ4n) is 2.16. The largest absolute Gasteiger partial charge is 0.480 e. The number of carbonyl (C=O) groups is 2. The van der Waals surface area contributed by atoms with Crippen molar-refractivity contribution in [1.82, 2.24) is 10.5 Å². The van der Waals surface area contributed by atoms with E-state index in [1.807, 2.05) is 0 Å². The Hall–Kier alpha value is -3.09. The van der Waals surface area contributed by atoms with Gasteiger partial charge in [0.25, 0.3) is 5.91 Å². The van der Waals surface area contributed by atoms with Crippen molar-refractivity contribution in [3.63, 3.8) is 0 Å². The number of aromatic amines is 1. The van der Waals surface area contributed by atoms with E-state index in [0.29, 0.717) is 21.7 Å². The van der Waals surface area contributed by atoms with Gasteiger partial charge in [-0.2, -0.15) is 0 Å². The lowest BCUT2D eigenvalue weighted by atomic mass is 10.1. The highest BCUT2D eigenvalue weighted by molar-refractivity contribution is 6.12. The van der Waals surface area contributed by atoms with Crippen molar-refractivity contribution < 1.29 is 19.2 Å². The first-order valence-electron chi connectivity index (χ1n) is 6.10. The number of fused-ring (bicyclic) bond motifs is 3. The Morgan fingerprint density at radius 2 is 1.95 bits per heavy atom. The average Bonchev–Trinajstić information content (AvgIpc) is 2.88. The van der Waals surface area contributed by atoms with Crippen LogP contribution in [0.25, 0.3) is 21.7 Å². The predicted octanol–water partition coefficient (Wildman–Crippen LogP) is 1.09. The van der Waals surface area contributed by atoms with Gasteiger partial charge in [0.05, 0.1) is 5.39 Å². The van der Waals surface area contributed by atoms with Gasteiger partial charge >= 0.3 is 5.97 Å². The highest BCUT2D eigenvalue weighted by Crippen LogP contribution is 2.26. The standard InChI is InChI=1S/C14H10N2O5/c17-8-2-4-9-7(5-8)1-3-10-12(16-21-13(9)10)14(20)15-6-11(18)19/h1-5,16H,6H2,(H,15,20)(H,18,19). The summed E-state index contributed by atoms with van der Waals surface area (Å²) in [6.07, 6.45) is 0. The SMILES string of the molecule is O=C(O)CNC(=O)c1[nH]oc2c1ccc1cc(=O)ccc12. The number of benzene rings is 2. The van der Waals surface area contributed by atoms with Crippen molar-refractivity contribution in [1.29, 1.82) is 0 Å². The van der Waals surface area contributed by atoms with Gasteiger partial charge in [-0.05, 0) is 29.7 Å². The maximum absolute atomic E-state index is 11.9. The lowest BCUT2D eigenvalue weighted by Crippen LogP contribution is -2.29. The minimum Gasteiger partial charge on any atom is -0.480 e. The predicted molar refractivity (Wildman–Crippen MR) is 74.3 cm³/mol. The van der Waals surface area contributed by atoms with E-state index in [4.69, 9.17) is 9.63 Å². The molecule has 0 saturated carbocycles. The number of aromatic nitrogens is 1. The number of hydrogen-bond acceptors (Lipinski definition) is 4. The van der Waals surface area contributed by atoms with E-state index in [1.54, 1.807) is 18.2 Å². The summed E-state index contributed by atoms with van der Waals surface area (Å²) < 4.78 is 5.29. The van der Waals surface area contributed by atoms with Crippen LogP contribution in [0.2, 0.25) is 0 Å². The second kappa shape index (κ2) is 4.78. The van der Waals surface area contributed by atoms with E-state index >= 15 is 0 Å². The number of aliphatic carboxylic acids is 1. The Balaban J connectivity index is 2.10. The molecule has 0 aliphatic carbocycles. The first-order chi connectivity index (χ1) is 10.1. The minimum atomic E-state index is -1.13. The third-order valence-electron chi connectivity index (χ3n) is 3.09. The molecule has 0 aliphatic rings. The summed E-state index contributed by atoms with van der Waals surface area (Å²) in [6.45, 7) is -0.480. The second-order valence-corrected chi connectivity index (χ2v) is 4.48. The van der Waals surface area contributed by atoms with Gasteiger partial charge in [-0.3, -0.25) is 14.4 Å². The van der Waals surface area contributed by atoms with Gasteiger partial charge in [0.15, 0.2) is 11.0 Å². The summed E-state index contributed by atoms with van der Waals surface area (Å²) in [5.41, 5.74) is 0.462. The van der Waals surface area contributed by atoms with Crippen molar-refractivity contribution >= 4 is 33.6 Å². The summed E-state index contributed by atoms with van der Waals surface area (Å²) in [6, 6.07) is 7.86. The zero-order valence-corrected chi connectivity index (χ0v) is 10.7. The molecule has 7 heteroatoms. The van der Waals surface area contributed by atoms with Crippen LogP contribution in [0.1, 0.15) is 10.5 Å². The molecule has 0 atom stereocenters. The van der Waals surface area contributed by atoms with E-state index in [2.05, 4.69) is 10.5 Å². The molecular weight excluding hydrogens is 276 g/mol. The lowest BCUT2D eigenvalue weighted by Gasteiger charge is -2.00. The fraction of sp³-hybridized carbons (Fsp3) is 0.0714. The van der Waals surface area contributed by atoms with Crippen LogP contribution in [-0.2, 0) is 4.79 Å². The second-order valence-electron chi connectivity index (χ2n) is 4.48. The summed E-state index contributed by atoms with van der Waals surface area (Å²) in [5, 5.41) is 15.2. The summed E-state index contributed by atoms with van der Waals surface area (Å²) in [5.74, 6) is -1.71. The van der Waals surface area contributed by atoms with E-state index < -0.39 is 18.4 Å². The van der Waals surface area contributed by atoms with Crippen LogP contribution in [0, 0.1) is 0 Å². The van der Waals surface area contributed by atoms with Gasteiger partial charge in [-0.1, -0.05) is 6.07 Å². The highest BCUT2D eigenvalue weighted by atomic mass is 16.5. The number of hydrogen-bond donors (Lipinski definition) is 3. The zero-order valence-electron chi connectivity index (χ0n) is 10.7. The van der Waals surface area contributed by atoms with E-state index in [-0.39, 0.29) is 11.1 Å². The molecule has 3 aromatic rings. The molecular formula is C14H10N2O5. The number of carbonyl (C=O) groups excluding carboxylic acids is 1. The molecule has 0 saturated heterocycles. The van der Waals surface area contributed by atoms with Gasteiger partial charge in [-0.15, -0.1) is 0 Å². The third-order valence-corrected chi connectivity index (χ3v) is 3.09. The first-order valence-corrected chi connectivity index (χ1v) is 6.10. The summed E-state index contributed by atoms with van der Waals surface area (Å²) in [4.78, 5) is 33.7. The number of carboxylic acid groups (broad SMARTS) is 1. The van der Waals surface area contributed by atoms with Gasteiger partial charge < -0.3 is 14.9 Å². The molecule has 1 amide bonds. The smallest absolute Gasteiger partial charge is 0.322 e. The fourth-order valence-corrected chi connectivity index (χ4v) is 2.16. The Morgan fingerprint density at radius 3 is 2.71 bits per heavy atom. The van der Waals surface area contributed by atoms with Crippen LogP contribution < -0.4 is 10.7 Å². The number of nitrogens with one attached hydrogen (secondary N) is 2. The molecule has 21 heavy (non-hydrogen) atoms. The van der Waals surface area contributed by atoms with Crippen molar-refractivity contribution in [2.45, 2.75) is 0 Å². The van der Waals surface area contributed by atoms with Gasteiger partial charge in [-0.25, -0.2) is 5.16 Å². The molecule has 0 radical (unpaired) electrons. The molecule has 0 unspecified atom stereocenters. The number of rotatable bonds is 3. The van der Waals surface area contributed by atoms with Gasteiger partial charge in [0, 0.05) is 5.39 Å². The molecule has 7 nitrogen and oxygen atoms in total. The topological polar surface area (TPSA) is 112 Å². The maximum atomic E-state index is 11.9. The molecule has 3 rings (SSSR count). The van der Waals surface area contributed by atoms with E-state index in [1.165, 1.54) is 12.1 Å². The molecule has 106 valence electrons. The van der Waals surface area contributed by atoms with Gasteiger partial charge in [0.2, 0.25) is 0 Å². The minimum absolute atomic E-state index is 0.114. The van der Waals surface area contributed by atoms with Crippen molar-refractivity contribution in [2.75, 3.05) is 6.54 Å². The Bertz CT molecular complexity index is 922. The van der Waals surface area contributed by atoms with Crippen molar-refractivity contribution in [3.8, 4) is 0 Å². The molecule has 3 N–H and O–H groups in total. The van der Waals surface area contributed by atoms with Crippen LogP contribution in [-0.4, -0.2) is 28.7 Å². The molecule has 0 bridgehead atoms. The molecule has 0 spiro atoms. The lowest BCUT2D eigenvalue weighted by molar-refractivity contribution is -0.135. The Morgan fingerprint density at radius 1 is 1.19 bits per heavy atom. The van der Waals surface area contributed by atoms with Crippen LogP contribution in [0.5, 0.6) is 0 Å². The monoisotopic (exact) mass is 286 g/mol. The summed E-state index contributed by atoms with van der Waals surface area (Å²) in [7, 11) is 0. The normalized spacial score (nSPS) is 10.9. The Labute approximate surface area is 117 Å². The molecule has 0 fully saturated rings. The molecule has 1 heterocycles. The quantitative estimate of drug-likeness (QED) is 0.667. The van der Waals surface area contributed by atoms with Crippen LogP contribution in [0.3, 0.4) is 0 Å². The maximum Gasteiger partial charge on any atom is 0.322 e. The number of H-pyrrole nitrogens is 1. The summed E-state index contributed by atoms with van der Waals surface area (Å²) >= 11 is 0. The number of amides is 1. The number of carboxylic acids is 1.